The highest BCUT2D eigenvalue weighted by atomic mass is 16.2. The van der Waals surface area contributed by atoms with Crippen molar-refractivity contribution in [2.45, 2.75) is 19.3 Å². The number of amides is 2. The van der Waals surface area contributed by atoms with Crippen LogP contribution in [-0.4, -0.2) is 42.9 Å². The van der Waals surface area contributed by atoms with Crippen molar-refractivity contribution in [3.8, 4) is 0 Å². The van der Waals surface area contributed by atoms with Crippen LogP contribution >= 0.6 is 0 Å². The van der Waals surface area contributed by atoms with Gasteiger partial charge < -0.3 is 21.3 Å². The molecule has 1 aliphatic rings. The summed E-state index contributed by atoms with van der Waals surface area (Å²) in [6, 6.07) is 7.23. The van der Waals surface area contributed by atoms with E-state index in [1.807, 2.05) is 12.1 Å². The minimum absolute atomic E-state index is 0.0306. The first-order valence-corrected chi connectivity index (χ1v) is 7.28. The van der Waals surface area contributed by atoms with Gasteiger partial charge >= 0.3 is 0 Å². The second-order valence-electron chi connectivity index (χ2n) is 5.18. The minimum atomic E-state index is -0.0306. The number of hydrogen-bond acceptors (Lipinski definition) is 4. The first-order chi connectivity index (χ1) is 10.1. The maximum Gasteiger partial charge on any atom is 0.224 e. The lowest BCUT2D eigenvalue weighted by Crippen LogP contribution is -2.30. The molecule has 21 heavy (non-hydrogen) atoms. The van der Waals surface area contributed by atoms with Crippen LogP contribution in [0.25, 0.3) is 0 Å². The van der Waals surface area contributed by atoms with Crippen molar-refractivity contribution in [3.05, 3.63) is 24.3 Å². The molecule has 1 aliphatic heterocycles. The SMILES string of the molecule is Nc1ccccc1NC(=O)CCCN1CCNC(=O)CC1. The summed E-state index contributed by atoms with van der Waals surface area (Å²) in [6.45, 7) is 3.12. The molecule has 1 saturated heterocycles. The lowest BCUT2D eigenvalue weighted by atomic mass is 10.2. The molecule has 0 bridgehead atoms. The van der Waals surface area contributed by atoms with E-state index in [9.17, 15) is 9.59 Å². The van der Waals surface area contributed by atoms with Crippen LogP contribution in [0.3, 0.4) is 0 Å². The van der Waals surface area contributed by atoms with E-state index in [-0.39, 0.29) is 11.8 Å². The Hall–Kier alpha value is -2.08. The van der Waals surface area contributed by atoms with Gasteiger partial charge in [-0.1, -0.05) is 12.1 Å². The van der Waals surface area contributed by atoms with Crippen molar-refractivity contribution in [1.29, 1.82) is 0 Å². The molecule has 2 rings (SSSR count). The first kappa shape index (κ1) is 15.3. The molecule has 2 amide bonds. The summed E-state index contributed by atoms with van der Waals surface area (Å²) >= 11 is 0. The summed E-state index contributed by atoms with van der Waals surface area (Å²) in [7, 11) is 0. The molecule has 0 aliphatic carbocycles. The van der Waals surface area contributed by atoms with Crippen molar-refractivity contribution in [3.63, 3.8) is 0 Å². The third kappa shape index (κ3) is 5.07. The van der Waals surface area contributed by atoms with E-state index in [2.05, 4.69) is 15.5 Å². The first-order valence-electron chi connectivity index (χ1n) is 7.28. The van der Waals surface area contributed by atoms with Gasteiger partial charge in [0.1, 0.15) is 0 Å². The molecular formula is C15H22N4O2. The molecule has 1 aromatic rings. The molecule has 1 fully saturated rings. The van der Waals surface area contributed by atoms with E-state index in [4.69, 9.17) is 5.73 Å². The number of hydrogen-bond donors (Lipinski definition) is 3. The molecule has 0 unspecified atom stereocenters. The van der Waals surface area contributed by atoms with Gasteiger partial charge in [-0.25, -0.2) is 0 Å². The van der Waals surface area contributed by atoms with E-state index >= 15 is 0 Å². The molecule has 0 atom stereocenters. The summed E-state index contributed by atoms with van der Waals surface area (Å²) in [5.74, 6) is 0.0757. The van der Waals surface area contributed by atoms with Gasteiger partial charge in [-0.15, -0.1) is 0 Å². The molecular weight excluding hydrogens is 268 g/mol. The number of nitrogen functional groups attached to an aromatic ring is 1. The number of anilines is 2. The number of nitrogens with zero attached hydrogens (tertiary/aromatic N) is 1. The van der Waals surface area contributed by atoms with Crippen LogP contribution in [0.15, 0.2) is 24.3 Å². The average molecular weight is 290 g/mol. The third-order valence-electron chi connectivity index (χ3n) is 3.52. The van der Waals surface area contributed by atoms with Gasteiger partial charge in [0, 0.05) is 32.5 Å². The van der Waals surface area contributed by atoms with Crippen LogP contribution in [0, 0.1) is 0 Å². The van der Waals surface area contributed by atoms with Gasteiger partial charge in [0.15, 0.2) is 0 Å². The zero-order chi connectivity index (χ0) is 15.1. The lowest BCUT2D eigenvalue weighted by Gasteiger charge is -2.18. The summed E-state index contributed by atoms with van der Waals surface area (Å²) in [5.41, 5.74) is 7.01. The summed E-state index contributed by atoms with van der Waals surface area (Å²) < 4.78 is 0. The molecule has 1 heterocycles. The van der Waals surface area contributed by atoms with E-state index in [1.165, 1.54) is 0 Å². The molecule has 0 spiro atoms. The van der Waals surface area contributed by atoms with Crippen LogP contribution in [0.2, 0.25) is 0 Å². The average Bonchev–Trinajstić information content (AvgIpc) is 2.66. The zero-order valence-electron chi connectivity index (χ0n) is 12.1. The standard InChI is InChI=1S/C15H22N4O2/c16-12-4-1-2-5-13(12)18-15(21)6-3-9-19-10-7-14(20)17-8-11-19/h1-2,4-5H,3,6-11,16H2,(H,17,20)(H,18,21). The van der Waals surface area contributed by atoms with Crippen LogP contribution < -0.4 is 16.4 Å². The molecule has 0 saturated carbocycles. The second kappa shape index (κ2) is 7.64. The van der Waals surface area contributed by atoms with Gasteiger partial charge in [-0.05, 0) is 25.1 Å². The molecule has 6 heteroatoms. The largest absolute Gasteiger partial charge is 0.397 e. The predicted molar refractivity (Wildman–Crippen MR) is 82.8 cm³/mol. The lowest BCUT2D eigenvalue weighted by molar-refractivity contribution is -0.120. The van der Waals surface area contributed by atoms with Crippen molar-refractivity contribution >= 4 is 23.2 Å². The van der Waals surface area contributed by atoms with Gasteiger partial charge in [0.2, 0.25) is 11.8 Å². The van der Waals surface area contributed by atoms with E-state index in [0.29, 0.717) is 30.8 Å². The molecule has 1 aromatic carbocycles. The normalized spacial score (nSPS) is 16.1. The Bertz CT molecular complexity index is 504. The van der Waals surface area contributed by atoms with Crippen molar-refractivity contribution in [2.75, 3.05) is 37.2 Å². The quantitative estimate of drug-likeness (QED) is 0.700. The Kier molecular flexibility index (Phi) is 5.57. The summed E-state index contributed by atoms with van der Waals surface area (Å²) in [6.07, 6.45) is 1.76. The van der Waals surface area contributed by atoms with Gasteiger partial charge in [0.05, 0.1) is 11.4 Å². The highest BCUT2D eigenvalue weighted by Gasteiger charge is 2.13. The van der Waals surface area contributed by atoms with Crippen molar-refractivity contribution < 1.29 is 9.59 Å². The molecule has 6 nitrogen and oxygen atoms in total. The topological polar surface area (TPSA) is 87.5 Å². The van der Waals surface area contributed by atoms with Gasteiger partial charge in [-0.2, -0.15) is 0 Å². The Labute approximate surface area is 124 Å². The number of nitrogens with two attached hydrogens (primary N) is 1. The number of nitrogens with one attached hydrogen (secondary N) is 2. The molecule has 4 N–H and O–H groups in total. The highest BCUT2D eigenvalue weighted by molar-refractivity contribution is 5.93. The smallest absolute Gasteiger partial charge is 0.224 e. The molecule has 114 valence electrons. The summed E-state index contributed by atoms with van der Waals surface area (Å²) in [5, 5.41) is 5.66. The maximum absolute atomic E-state index is 11.9. The highest BCUT2D eigenvalue weighted by Crippen LogP contribution is 2.17. The fraction of sp³-hybridized carbons (Fsp3) is 0.467. The summed E-state index contributed by atoms with van der Waals surface area (Å²) in [4.78, 5) is 25.3. The minimum Gasteiger partial charge on any atom is -0.397 e. The fourth-order valence-corrected chi connectivity index (χ4v) is 2.32. The Morgan fingerprint density at radius 2 is 2.14 bits per heavy atom. The molecule has 0 radical (unpaired) electrons. The Balaban J connectivity index is 1.69. The van der Waals surface area contributed by atoms with Gasteiger partial charge in [0.25, 0.3) is 0 Å². The number of para-hydroxylation sites is 2. The van der Waals surface area contributed by atoms with Crippen molar-refractivity contribution in [1.82, 2.24) is 10.2 Å². The monoisotopic (exact) mass is 290 g/mol. The van der Waals surface area contributed by atoms with E-state index < -0.39 is 0 Å². The van der Waals surface area contributed by atoms with E-state index in [1.54, 1.807) is 12.1 Å². The van der Waals surface area contributed by atoms with Crippen molar-refractivity contribution in [2.24, 2.45) is 0 Å². The number of carbonyl (C=O) groups excluding carboxylic acids is 2. The Morgan fingerprint density at radius 1 is 1.33 bits per heavy atom. The van der Waals surface area contributed by atoms with E-state index in [0.717, 1.165) is 26.1 Å². The second-order valence-corrected chi connectivity index (χ2v) is 5.18. The fourth-order valence-electron chi connectivity index (χ4n) is 2.32. The maximum atomic E-state index is 11.9. The number of benzene rings is 1. The number of carbonyl (C=O) groups is 2. The predicted octanol–water partition coefficient (Wildman–Crippen LogP) is 0.809. The Morgan fingerprint density at radius 3 is 2.95 bits per heavy atom. The molecule has 0 aromatic heterocycles. The zero-order valence-corrected chi connectivity index (χ0v) is 12.1. The third-order valence-corrected chi connectivity index (χ3v) is 3.52. The van der Waals surface area contributed by atoms with Gasteiger partial charge in [-0.3, -0.25) is 9.59 Å². The van der Waals surface area contributed by atoms with Crippen LogP contribution in [0.4, 0.5) is 11.4 Å². The van der Waals surface area contributed by atoms with Crippen LogP contribution in [-0.2, 0) is 9.59 Å². The van der Waals surface area contributed by atoms with Crippen LogP contribution in [0.1, 0.15) is 19.3 Å². The number of rotatable bonds is 5. The van der Waals surface area contributed by atoms with Crippen LogP contribution in [0.5, 0.6) is 0 Å².